The smallest absolute Gasteiger partial charge is 0.410 e. The number of hydrogen-bond donors (Lipinski definition) is 1. The summed E-state index contributed by atoms with van der Waals surface area (Å²) in [5.41, 5.74) is 1.77. The van der Waals surface area contributed by atoms with Crippen LogP contribution in [0, 0.1) is 18.2 Å². The van der Waals surface area contributed by atoms with Crippen molar-refractivity contribution in [2.75, 3.05) is 34.2 Å². The first-order valence-corrected chi connectivity index (χ1v) is 19.7. The fourth-order valence-corrected chi connectivity index (χ4v) is 8.07. The lowest BCUT2D eigenvalue weighted by atomic mass is 9.91. The van der Waals surface area contributed by atoms with E-state index in [1.54, 1.807) is 30.2 Å². The van der Waals surface area contributed by atoms with E-state index in [1.165, 1.54) is 24.9 Å². The van der Waals surface area contributed by atoms with Crippen LogP contribution in [0.5, 0.6) is 17.5 Å². The van der Waals surface area contributed by atoms with Gasteiger partial charge in [-0.3, -0.25) is 0 Å². The number of aliphatic hydroxyl groups is 1. The van der Waals surface area contributed by atoms with Crippen LogP contribution in [-0.4, -0.2) is 81.4 Å². The second-order valence-corrected chi connectivity index (χ2v) is 15.9. The van der Waals surface area contributed by atoms with Gasteiger partial charge >= 0.3 is 12.1 Å². The van der Waals surface area contributed by atoms with E-state index in [0.29, 0.717) is 56.4 Å². The first kappa shape index (κ1) is 39.1. The third-order valence-electron chi connectivity index (χ3n) is 10.0. The van der Waals surface area contributed by atoms with Gasteiger partial charge in [0.15, 0.2) is 12.4 Å². The maximum absolute atomic E-state index is 15.2. The Balaban J connectivity index is 1.32. The maximum atomic E-state index is 15.2. The second-order valence-electron chi connectivity index (χ2n) is 15.0. The van der Waals surface area contributed by atoms with Crippen molar-refractivity contribution in [2.24, 2.45) is 0 Å². The maximum Gasteiger partial charge on any atom is 0.410 e. The van der Waals surface area contributed by atoms with E-state index in [0.717, 1.165) is 43.4 Å². The van der Waals surface area contributed by atoms with Gasteiger partial charge in [-0.25, -0.2) is 14.2 Å². The lowest BCUT2D eigenvalue weighted by molar-refractivity contribution is 0.0183. The van der Waals surface area contributed by atoms with E-state index in [9.17, 15) is 9.90 Å². The summed E-state index contributed by atoms with van der Waals surface area (Å²) in [6, 6.07) is 14.0. The van der Waals surface area contributed by atoms with Crippen LogP contribution in [0.2, 0.25) is 0 Å². The molecule has 7 rings (SSSR count). The van der Waals surface area contributed by atoms with Crippen molar-refractivity contribution in [2.45, 2.75) is 87.4 Å². The first-order valence-electron chi connectivity index (χ1n) is 18.7. The molecule has 2 aliphatic rings. The van der Waals surface area contributed by atoms with E-state index in [4.69, 9.17) is 45.1 Å². The topological polar surface area (TPSA) is 130 Å². The molecule has 0 radical (unpaired) electrons. The Morgan fingerprint density at radius 2 is 1.82 bits per heavy atom. The van der Waals surface area contributed by atoms with Crippen molar-refractivity contribution < 1.29 is 38.0 Å². The molecule has 0 spiro atoms. The monoisotopic (exact) mass is 783 g/mol. The van der Waals surface area contributed by atoms with E-state index < -0.39 is 17.5 Å². The lowest BCUT2D eigenvalue weighted by Gasteiger charge is -2.30. The molecule has 1 amide bonds. The molecule has 0 bridgehead atoms. The number of imidazole rings is 1. The van der Waals surface area contributed by atoms with E-state index in [2.05, 4.69) is 5.92 Å². The number of likely N-dealkylation sites (tertiary alicyclic amines) is 1. The van der Waals surface area contributed by atoms with E-state index >= 15 is 4.39 Å². The van der Waals surface area contributed by atoms with Crippen LogP contribution in [-0.2, 0) is 15.2 Å². The normalized spacial score (nSPS) is 16.5. The number of carbonyl (C=O) groups excluding carboxylic acids is 1. The summed E-state index contributed by atoms with van der Waals surface area (Å²) in [6.07, 6.45) is 8.39. The van der Waals surface area contributed by atoms with Gasteiger partial charge in [0.2, 0.25) is 0 Å². The number of ether oxygens (including phenoxy) is 5. The molecule has 2 atom stereocenters. The Morgan fingerprint density at radius 1 is 1.04 bits per heavy atom. The first-order chi connectivity index (χ1) is 27.0. The molecular formula is C42H46FN5O7S. The highest BCUT2D eigenvalue weighted by atomic mass is 32.2. The van der Waals surface area contributed by atoms with E-state index in [-0.39, 0.29) is 43.2 Å². The molecule has 1 aliphatic heterocycles. The van der Waals surface area contributed by atoms with Crippen LogP contribution in [0.1, 0.15) is 87.5 Å². The molecule has 2 aromatic heterocycles. The average Bonchev–Trinajstić information content (AvgIpc) is 3.79. The van der Waals surface area contributed by atoms with Gasteiger partial charge in [0.1, 0.15) is 52.0 Å². The Hall–Kier alpha value is -5.10. The second kappa shape index (κ2) is 16.6. The van der Waals surface area contributed by atoms with Gasteiger partial charge in [-0.05, 0) is 94.2 Å². The molecule has 1 aliphatic carbocycles. The standard InChI is InChI=1S/C42H46FN5O7S/c1-7-31-33(43)18-15-26-20-30(54-24-51-5)21-32(34(26)31)36(49)38-44-37-35(48(38)27-10-8-11-27)39(56-23-25-13-16-29(52-6)17-14-25)46-40(45-37)53-22-28-12-9-19-47(28)41(50)55-42(2,3)4/h1,13-18,20-21,27-28,36,49H,8-12,19,22-24H2,2-6H3/t28-,36?/m0/s1. The Labute approximate surface area is 329 Å². The third-order valence-corrected chi connectivity index (χ3v) is 11.0. The SMILES string of the molecule is C#Cc1c(F)ccc2cc(OCOC)cc(C(O)c3nc4nc(OC[C@@H]5CCCN5C(=O)OC(C)(C)C)nc(SCc5ccc(OC)cc5)c4n3C3CCC3)c12. The number of terminal acetylenes is 1. The highest BCUT2D eigenvalue weighted by molar-refractivity contribution is 7.98. The molecular weight excluding hydrogens is 738 g/mol. The zero-order valence-corrected chi connectivity index (χ0v) is 33.0. The fraction of sp³-hybridized carbons (Fsp3) is 0.429. The average molecular weight is 784 g/mol. The Bertz CT molecular complexity index is 2270. The summed E-state index contributed by atoms with van der Waals surface area (Å²) >= 11 is 1.50. The van der Waals surface area contributed by atoms with Gasteiger partial charge in [-0.2, -0.15) is 9.97 Å². The number of rotatable bonds is 13. The Morgan fingerprint density at radius 3 is 2.50 bits per heavy atom. The minimum atomic E-state index is -1.36. The zero-order valence-electron chi connectivity index (χ0n) is 32.2. The molecule has 2 fully saturated rings. The highest BCUT2D eigenvalue weighted by Gasteiger charge is 2.35. The molecule has 1 unspecified atom stereocenters. The van der Waals surface area contributed by atoms with Crippen LogP contribution in [0.4, 0.5) is 9.18 Å². The van der Waals surface area contributed by atoms with Crippen LogP contribution in [0.3, 0.4) is 0 Å². The van der Waals surface area contributed by atoms with Crippen molar-refractivity contribution in [3.8, 4) is 29.9 Å². The van der Waals surface area contributed by atoms with Crippen molar-refractivity contribution >= 4 is 39.8 Å². The number of aromatic nitrogens is 4. The fourth-order valence-electron chi connectivity index (χ4n) is 7.11. The zero-order chi connectivity index (χ0) is 39.6. The van der Waals surface area contributed by atoms with E-state index in [1.807, 2.05) is 49.6 Å². The van der Waals surface area contributed by atoms with Gasteiger partial charge in [0.25, 0.3) is 0 Å². The summed E-state index contributed by atoms with van der Waals surface area (Å²) in [5, 5.41) is 14.0. The molecule has 1 saturated heterocycles. The number of halogens is 1. The molecule has 56 heavy (non-hydrogen) atoms. The van der Waals surface area contributed by atoms with Gasteiger partial charge in [-0.1, -0.05) is 35.9 Å². The van der Waals surface area contributed by atoms with Gasteiger partial charge in [0.05, 0.1) is 18.7 Å². The van der Waals surface area contributed by atoms with Crippen LogP contribution >= 0.6 is 11.8 Å². The minimum Gasteiger partial charge on any atom is -0.497 e. The number of fused-ring (bicyclic) bond motifs is 2. The van der Waals surface area contributed by atoms with Gasteiger partial charge in [-0.15, -0.1) is 6.42 Å². The molecule has 14 heteroatoms. The number of amides is 1. The molecule has 1 saturated carbocycles. The van der Waals surface area contributed by atoms with Gasteiger partial charge < -0.3 is 38.3 Å². The van der Waals surface area contributed by atoms with Crippen LogP contribution in [0.15, 0.2) is 53.6 Å². The molecule has 3 aromatic carbocycles. The molecule has 294 valence electrons. The van der Waals surface area contributed by atoms with Crippen LogP contribution < -0.4 is 14.2 Å². The largest absolute Gasteiger partial charge is 0.497 e. The number of nitrogens with zero attached hydrogens (tertiary/aromatic N) is 5. The van der Waals surface area contributed by atoms with Crippen molar-refractivity contribution in [3.05, 3.63) is 76.9 Å². The highest BCUT2D eigenvalue weighted by Crippen LogP contribution is 2.43. The number of benzene rings is 3. The summed E-state index contributed by atoms with van der Waals surface area (Å²) < 4.78 is 45.5. The number of carbonyl (C=O) groups is 1. The summed E-state index contributed by atoms with van der Waals surface area (Å²) in [7, 11) is 3.14. The molecule has 12 nitrogen and oxygen atoms in total. The number of hydrogen-bond acceptors (Lipinski definition) is 11. The number of aliphatic hydroxyl groups excluding tert-OH is 1. The quantitative estimate of drug-likeness (QED) is 0.0540. The third kappa shape index (κ3) is 8.21. The Kier molecular flexibility index (Phi) is 11.6. The molecule has 3 heterocycles. The number of methoxy groups -OCH3 is 2. The number of thioether (sulfide) groups is 1. The lowest BCUT2D eigenvalue weighted by Crippen LogP contribution is -2.42. The van der Waals surface area contributed by atoms with Crippen molar-refractivity contribution in [1.82, 2.24) is 24.4 Å². The predicted octanol–water partition coefficient (Wildman–Crippen LogP) is 7.97. The van der Waals surface area contributed by atoms with Crippen molar-refractivity contribution in [3.63, 3.8) is 0 Å². The van der Waals surface area contributed by atoms with Gasteiger partial charge in [0, 0.05) is 36.4 Å². The summed E-state index contributed by atoms with van der Waals surface area (Å²) in [6.45, 7) is 6.22. The van der Waals surface area contributed by atoms with Crippen molar-refractivity contribution in [1.29, 1.82) is 0 Å². The summed E-state index contributed by atoms with van der Waals surface area (Å²) in [4.78, 5) is 29.5. The predicted molar refractivity (Wildman–Crippen MR) is 211 cm³/mol. The molecule has 1 N–H and O–H groups in total. The molecule has 5 aromatic rings. The van der Waals surface area contributed by atoms with Crippen LogP contribution in [0.25, 0.3) is 21.9 Å². The minimum absolute atomic E-state index is 0.00394. The summed E-state index contributed by atoms with van der Waals surface area (Å²) in [5.74, 6) is 3.95.